The van der Waals surface area contributed by atoms with E-state index < -0.39 is 12.0 Å². The van der Waals surface area contributed by atoms with E-state index in [-0.39, 0.29) is 17.6 Å². The van der Waals surface area contributed by atoms with Crippen LogP contribution in [-0.4, -0.2) is 55.3 Å². The Bertz CT molecular complexity index is 591. The van der Waals surface area contributed by atoms with E-state index in [2.05, 4.69) is 5.32 Å². The van der Waals surface area contributed by atoms with Crippen LogP contribution in [0.3, 0.4) is 0 Å². The van der Waals surface area contributed by atoms with Crippen molar-refractivity contribution in [2.24, 2.45) is 5.92 Å². The normalized spacial score (nSPS) is 21.2. The Morgan fingerprint density at radius 3 is 2.71 bits per heavy atom. The van der Waals surface area contributed by atoms with Crippen molar-refractivity contribution in [2.45, 2.75) is 25.8 Å². The number of hydrogen-bond acceptors (Lipinski definition) is 3. The minimum absolute atomic E-state index is 0.0249. The zero-order valence-corrected chi connectivity index (χ0v) is 14.6. The Kier molecular flexibility index (Phi) is 6.31. The molecule has 1 aliphatic rings. The fourth-order valence-corrected chi connectivity index (χ4v) is 3.23. The maximum atomic E-state index is 14.3. The molecule has 1 aromatic rings. The number of carbonyl (C=O) groups excluding carboxylic acids is 2. The van der Waals surface area contributed by atoms with Gasteiger partial charge < -0.3 is 15.1 Å². The van der Waals surface area contributed by atoms with Gasteiger partial charge in [0.15, 0.2) is 0 Å². The molecule has 0 aliphatic carbocycles. The summed E-state index contributed by atoms with van der Waals surface area (Å²) >= 11 is 0. The van der Waals surface area contributed by atoms with Crippen LogP contribution in [-0.2, 0) is 9.59 Å². The van der Waals surface area contributed by atoms with Gasteiger partial charge in [-0.15, -0.1) is 0 Å². The summed E-state index contributed by atoms with van der Waals surface area (Å²) in [5.74, 6) is -0.942. The average molecular weight is 335 g/mol. The lowest BCUT2D eigenvalue weighted by atomic mass is 9.83. The number of rotatable bonds is 6. The minimum Gasteiger partial charge on any atom is -0.354 e. The second-order valence-electron chi connectivity index (χ2n) is 6.39. The molecule has 0 unspecified atom stereocenters. The molecule has 1 fully saturated rings. The van der Waals surface area contributed by atoms with Crippen molar-refractivity contribution in [1.29, 1.82) is 0 Å². The van der Waals surface area contributed by atoms with Crippen molar-refractivity contribution < 1.29 is 14.0 Å². The molecule has 0 bridgehead atoms. The Labute approximate surface area is 142 Å². The lowest BCUT2D eigenvalue weighted by Gasteiger charge is -2.40. The van der Waals surface area contributed by atoms with Gasteiger partial charge in [0.1, 0.15) is 5.82 Å². The molecule has 6 heteroatoms. The Balaban J connectivity index is 2.25. The van der Waals surface area contributed by atoms with Crippen molar-refractivity contribution in [1.82, 2.24) is 15.1 Å². The van der Waals surface area contributed by atoms with Crippen LogP contribution in [0.25, 0.3) is 0 Å². The largest absolute Gasteiger partial charge is 0.354 e. The maximum Gasteiger partial charge on any atom is 0.225 e. The molecule has 0 spiro atoms. The van der Waals surface area contributed by atoms with Gasteiger partial charge in [-0.05, 0) is 33.5 Å². The van der Waals surface area contributed by atoms with Crippen molar-refractivity contribution in [3.8, 4) is 0 Å². The Morgan fingerprint density at radius 2 is 2.08 bits per heavy atom. The molecular weight excluding hydrogens is 309 g/mol. The third kappa shape index (κ3) is 4.12. The fourth-order valence-electron chi connectivity index (χ4n) is 3.23. The second-order valence-corrected chi connectivity index (χ2v) is 6.39. The second kappa shape index (κ2) is 8.24. The topological polar surface area (TPSA) is 52.7 Å². The van der Waals surface area contributed by atoms with Crippen molar-refractivity contribution >= 4 is 11.8 Å². The predicted molar refractivity (Wildman–Crippen MR) is 90.8 cm³/mol. The Morgan fingerprint density at radius 1 is 1.38 bits per heavy atom. The van der Waals surface area contributed by atoms with Crippen LogP contribution in [0.2, 0.25) is 0 Å². The van der Waals surface area contributed by atoms with E-state index in [1.807, 2.05) is 25.9 Å². The standard InChI is InChI=1S/C18H26FN3O2/c1-4-22-16(23)10-9-14(18(24)20-11-12-21(2)3)17(22)13-7-5-6-8-15(13)19/h5-8,14,17H,4,9-12H2,1-3H3,(H,20,24)/t14-,17+/m1/s1. The summed E-state index contributed by atoms with van der Waals surface area (Å²) in [7, 11) is 3.87. The van der Waals surface area contributed by atoms with E-state index in [1.165, 1.54) is 6.07 Å². The monoisotopic (exact) mass is 335 g/mol. The summed E-state index contributed by atoms with van der Waals surface area (Å²) in [4.78, 5) is 28.5. The summed E-state index contributed by atoms with van der Waals surface area (Å²) < 4.78 is 14.3. The number of nitrogens with one attached hydrogen (secondary N) is 1. The molecule has 1 heterocycles. The van der Waals surface area contributed by atoms with E-state index in [9.17, 15) is 14.0 Å². The molecule has 0 saturated carbocycles. The van der Waals surface area contributed by atoms with Gasteiger partial charge in [-0.1, -0.05) is 18.2 Å². The number of hydrogen-bond donors (Lipinski definition) is 1. The third-order valence-corrected chi connectivity index (χ3v) is 4.47. The molecular formula is C18H26FN3O2. The number of carbonyl (C=O) groups is 2. The lowest BCUT2D eigenvalue weighted by molar-refractivity contribution is -0.143. The van der Waals surface area contributed by atoms with E-state index in [0.717, 1.165) is 6.54 Å². The highest BCUT2D eigenvalue weighted by Crippen LogP contribution is 2.37. The number of likely N-dealkylation sites (N-methyl/N-ethyl adjacent to an activating group) is 1. The zero-order chi connectivity index (χ0) is 17.7. The molecule has 2 amide bonds. The van der Waals surface area contributed by atoms with Crippen LogP contribution in [0.1, 0.15) is 31.4 Å². The van der Waals surface area contributed by atoms with Gasteiger partial charge in [0.05, 0.1) is 12.0 Å². The van der Waals surface area contributed by atoms with Crippen LogP contribution < -0.4 is 5.32 Å². The van der Waals surface area contributed by atoms with Crippen molar-refractivity contribution in [2.75, 3.05) is 33.7 Å². The molecule has 1 aromatic carbocycles. The molecule has 1 N–H and O–H groups in total. The predicted octanol–water partition coefficient (Wildman–Crippen LogP) is 1.80. The summed E-state index contributed by atoms with van der Waals surface area (Å²) in [6.45, 7) is 3.59. The van der Waals surface area contributed by atoms with E-state index in [1.54, 1.807) is 23.1 Å². The highest BCUT2D eigenvalue weighted by molar-refractivity contribution is 5.85. The first-order valence-corrected chi connectivity index (χ1v) is 8.42. The van der Waals surface area contributed by atoms with Gasteiger partial charge in [-0.2, -0.15) is 0 Å². The quantitative estimate of drug-likeness (QED) is 0.862. The summed E-state index contributed by atoms with van der Waals surface area (Å²) in [6.07, 6.45) is 0.771. The molecule has 0 radical (unpaired) electrons. The minimum atomic E-state index is -0.545. The smallest absolute Gasteiger partial charge is 0.225 e. The van der Waals surface area contributed by atoms with E-state index >= 15 is 0 Å². The van der Waals surface area contributed by atoms with Crippen LogP contribution >= 0.6 is 0 Å². The number of piperidine rings is 1. The van der Waals surface area contributed by atoms with Crippen LogP contribution in [0.15, 0.2) is 24.3 Å². The SMILES string of the molecule is CCN1C(=O)CC[C@@H](C(=O)NCCN(C)C)[C@@H]1c1ccccc1F. The number of likely N-dealkylation sites (tertiary alicyclic amines) is 1. The number of nitrogens with zero attached hydrogens (tertiary/aromatic N) is 2. The summed E-state index contributed by atoms with van der Waals surface area (Å²) in [5.41, 5.74) is 0.417. The summed E-state index contributed by atoms with van der Waals surface area (Å²) in [5, 5.41) is 2.92. The fraction of sp³-hybridized carbons (Fsp3) is 0.556. The maximum absolute atomic E-state index is 14.3. The van der Waals surface area contributed by atoms with Gasteiger partial charge in [-0.25, -0.2) is 4.39 Å². The van der Waals surface area contributed by atoms with Crippen LogP contribution in [0, 0.1) is 11.7 Å². The first-order valence-electron chi connectivity index (χ1n) is 8.42. The van der Waals surface area contributed by atoms with Crippen molar-refractivity contribution in [3.63, 3.8) is 0 Å². The molecule has 1 saturated heterocycles. The molecule has 2 atom stereocenters. The first kappa shape index (κ1) is 18.4. The number of halogens is 1. The highest BCUT2D eigenvalue weighted by atomic mass is 19.1. The molecule has 5 nitrogen and oxygen atoms in total. The zero-order valence-electron chi connectivity index (χ0n) is 14.6. The van der Waals surface area contributed by atoms with Crippen molar-refractivity contribution in [3.05, 3.63) is 35.6 Å². The van der Waals surface area contributed by atoms with Gasteiger partial charge in [0, 0.05) is 31.6 Å². The van der Waals surface area contributed by atoms with Gasteiger partial charge >= 0.3 is 0 Å². The van der Waals surface area contributed by atoms with E-state index in [4.69, 9.17) is 0 Å². The van der Waals surface area contributed by atoms with E-state index in [0.29, 0.717) is 31.5 Å². The molecule has 132 valence electrons. The average Bonchev–Trinajstić information content (AvgIpc) is 2.54. The number of amides is 2. The Hall–Kier alpha value is -1.95. The molecule has 24 heavy (non-hydrogen) atoms. The van der Waals surface area contributed by atoms with Gasteiger partial charge in [0.2, 0.25) is 11.8 Å². The first-order chi connectivity index (χ1) is 11.5. The molecule has 1 aliphatic heterocycles. The summed E-state index contributed by atoms with van der Waals surface area (Å²) in [6, 6.07) is 5.86. The lowest BCUT2D eigenvalue weighted by Crippen LogP contribution is -2.48. The molecule has 0 aromatic heterocycles. The highest BCUT2D eigenvalue weighted by Gasteiger charge is 2.40. The van der Waals surface area contributed by atoms with Crippen LogP contribution in [0.4, 0.5) is 4.39 Å². The van der Waals surface area contributed by atoms with Gasteiger partial charge in [-0.3, -0.25) is 9.59 Å². The third-order valence-electron chi connectivity index (χ3n) is 4.47. The molecule has 2 rings (SSSR count). The van der Waals surface area contributed by atoms with Gasteiger partial charge in [0.25, 0.3) is 0 Å². The number of benzene rings is 1. The van der Waals surface area contributed by atoms with Crippen LogP contribution in [0.5, 0.6) is 0 Å².